The van der Waals surface area contributed by atoms with Crippen LogP contribution in [0.2, 0.25) is 0 Å². The van der Waals surface area contributed by atoms with E-state index in [2.05, 4.69) is 10.0 Å². The van der Waals surface area contributed by atoms with Gasteiger partial charge in [-0.05, 0) is 36.2 Å². The molecule has 6 nitrogen and oxygen atoms in total. The predicted octanol–water partition coefficient (Wildman–Crippen LogP) is 1.93. The molecule has 0 atom stereocenters. The molecular formula is C18H22N2O4S. The van der Waals surface area contributed by atoms with Crippen LogP contribution in [-0.4, -0.2) is 34.6 Å². The van der Waals surface area contributed by atoms with E-state index >= 15 is 0 Å². The molecule has 2 N–H and O–H groups in total. The van der Waals surface area contributed by atoms with Crippen molar-refractivity contribution in [3.63, 3.8) is 0 Å². The standard InChI is InChI=1S/C18H22N2O4S/c1-24-13-5-12-20-25(22,23)17-10-8-16(9-11-17)18(21)19-14-15-6-3-2-4-7-15/h2-4,6-11,20H,5,12-14H2,1H3,(H,19,21). The van der Waals surface area contributed by atoms with Crippen LogP contribution < -0.4 is 10.0 Å². The quantitative estimate of drug-likeness (QED) is 0.668. The fourth-order valence-electron chi connectivity index (χ4n) is 2.17. The van der Waals surface area contributed by atoms with Crippen LogP contribution in [0.15, 0.2) is 59.5 Å². The normalized spacial score (nSPS) is 11.2. The lowest BCUT2D eigenvalue weighted by molar-refractivity contribution is 0.0951. The van der Waals surface area contributed by atoms with Crippen LogP contribution in [0.5, 0.6) is 0 Å². The Labute approximate surface area is 148 Å². The lowest BCUT2D eigenvalue weighted by Gasteiger charge is -2.08. The van der Waals surface area contributed by atoms with Gasteiger partial charge in [0.1, 0.15) is 0 Å². The summed E-state index contributed by atoms with van der Waals surface area (Å²) in [5.74, 6) is -0.249. The van der Waals surface area contributed by atoms with Crippen LogP contribution in [0.1, 0.15) is 22.3 Å². The first kappa shape index (κ1) is 19.1. The zero-order valence-corrected chi connectivity index (χ0v) is 14.9. The van der Waals surface area contributed by atoms with Crippen LogP contribution >= 0.6 is 0 Å². The molecule has 0 bridgehead atoms. The van der Waals surface area contributed by atoms with Gasteiger partial charge in [0.25, 0.3) is 5.91 Å². The van der Waals surface area contributed by atoms with E-state index in [1.54, 1.807) is 7.11 Å². The van der Waals surface area contributed by atoms with Crippen molar-refractivity contribution in [3.8, 4) is 0 Å². The van der Waals surface area contributed by atoms with E-state index in [1.807, 2.05) is 30.3 Å². The molecule has 0 aromatic heterocycles. The topological polar surface area (TPSA) is 84.5 Å². The predicted molar refractivity (Wildman–Crippen MR) is 95.7 cm³/mol. The molecule has 2 rings (SSSR count). The monoisotopic (exact) mass is 362 g/mol. The Morgan fingerprint density at radius 3 is 2.36 bits per heavy atom. The second kappa shape index (κ2) is 9.31. The van der Waals surface area contributed by atoms with Gasteiger partial charge < -0.3 is 10.1 Å². The number of carbonyl (C=O) groups is 1. The third-order valence-electron chi connectivity index (χ3n) is 3.54. The molecule has 0 spiro atoms. The van der Waals surface area contributed by atoms with Crippen molar-refractivity contribution in [2.24, 2.45) is 0 Å². The van der Waals surface area contributed by atoms with E-state index < -0.39 is 10.0 Å². The van der Waals surface area contributed by atoms with Gasteiger partial charge in [0.2, 0.25) is 10.0 Å². The Kier molecular flexibility index (Phi) is 7.12. The van der Waals surface area contributed by atoms with Crippen molar-refractivity contribution in [3.05, 3.63) is 65.7 Å². The number of carbonyl (C=O) groups excluding carboxylic acids is 1. The molecule has 0 unspecified atom stereocenters. The maximum Gasteiger partial charge on any atom is 0.251 e. The molecule has 0 heterocycles. The molecule has 7 heteroatoms. The Morgan fingerprint density at radius 1 is 1.04 bits per heavy atom. The number of benzene rings is 2. The van der Waals surface area contributed by atoms with Gasteiger partial charge >= 0.3 is 0 Å². The number of hydrogen-bond donors (Lipinski definition) is 2. The fraction of sp³-hybridized carbons (Fsp3) is 0.278. The van der Waals surface area contributed by atoms with Crippen molar-refractivity contribution in [2.75, 3.05) is 20.3 Å². The maximum atomic E-state index is 12.1. The molecule has 2 aromatic rings. The summed E-state index contributed by atoms with van der Waals surface area (Å²) in [5.41, 5.74) is 1.41. The van der Waals surface area contributed by atoms with Crippen molar-refractivity contribution >= 4 is 15.9 Å². The first-order valence-electron chi connectivity index (χ1n) is 7.94. The SMILES string of the molecule is COCCCNS(=O)(=O)c1ccc(C(=O)NCc2ccccc2)cc1. The van der Waals surface area contributed by atoms with E-state index in [-0.39, 0.29) is 10.8 Å². The van der Waals surface area contributed by atoms with Crippen molar-refractivity contribution in [2.45, 2.75) is 17.9 Å². The Morgan fingerprint density at radius 2 is 1.72 bits per heavy atom. The maximum absolute atomic E-state index is 12.1. The molecule has 0 aliphatic carbocycles. The number of amides is 1. The number of rotatable bonds is 9. The summed E-state index contributed by atoms with van der Waals surface area (Å²) in [6.45, 7) is 1.21. The van der Waals surface area contributed by atoms with Crippen LogP contribution in [0.4, 0.5) is 0 Å². The highest BCUT2D eigenvalue weighted by atomic mass is 32.2. The highest BCUT2D eigenvalue weighted by Gasteiger charge is 2.14. The average Bonchev–Trinajstić information content (AvgIpc) is 2.64. The van der Waals surface area contributed by atoms with Crippen molar-refractivity contribution in [1.29, 1.82) is 0 Å². The van der Waals surface area contributed by atoms with Crippen LogP contribution in [-0.2, 0) is 21.3 Å². The van der Waals surface area contributed by atoms with Crippen molar-refractivity contribution < 1.29 is 17.9 Å². The molecule has 134 valence electrons. The zero-order valence-electron chi connectivity index (χ0n) is 14.1. The van der Waals surface area contributed by atoms with Crippen LogP contribution in [0.25, 0.3) is 0 Å². The van der Waals surface area contributed by atoms with Crippen LogP contribution in [0.3, 0.4) is 0 Å². The molecule has 2 aromatic carbocycles. The smallest absolute Gasteiger partial charge is 0.251 e. The minimum Gasteiger partial charge on any atom is -0.385 e. The van der Waals surface area contributed by atoms with E-state index in [4.69, 9.17) is 4.74 Å². The summed E-state index contributed by atoms with van der Waals surface area (Å²) in [4.78, 5) is 12.3. The van der Waals surface area contributed by atoms with E-state index in [9.17, 15) is 13.2 Å². The Bertz CT molecular complexity index is 774. The van der Waals surface area contributed by atoms with E-state index in [0.717, 1.165) is 5.56 Å². The largest absolute Gasteiger partial charge is 0.385 e. The van der Waals surface area contributed by atoms with Gasteiger partial charge in [-0.3, -0.25) is 4.79 Å². The molecule has 0 saturated carbocycles. The second-order valence-corrected chi connectivity index (χ2v) is 7.20. The molecule has 1 amide bonds. The lowest BCUT2D eigenvalue weighted by atomic mass is 10.2. The number of hydrogen-bond acceptors (Lipinski definition) is 4. The number of sulfonamides is 1. The lowest BCUT2D eigenvalue weighted by Crippen LogP contribution is -2.26. The fourth-order valence-corrected chi connectivity index (χ4v) is 3.25. The highest BCUT2D eigenvalue weighted by molar-refractivity contribution is 7.89. The minimum atomic E-state index is -3.58. The van der Waals surface area contributed by atoms with Gasteiger partial charge in [-0.2, -0.15) is 0 Å². The van der Waals surface area contributed by atoms with Gasteiger partial charge in [0.05, 0.1) is 4.90 Å². The second-order valence-electron chi connectivity index (χ2n) is 5.44. The minimum absolute atomic E-state index is 0.129. The highest BCUT2D eigenvalue weighted by Crippen LogP contribution is 2.11. The van der Waals surface area contributed by atoms with Gasteiger partial charge in [0.15, 0.2) is 0 Å². The number of methoxy groups -OCH3 is 1. The average molecular weight is 362 g/mol. The molecule has 0 radical (unpaired) electrons. The van der Waals surface area contributed by atoms with Gasteiger partial charge in [0, 0.05) is 32.4 Å². The third-order valence-corrected chi connectivity index (χ3v) is 5.02. The van der Waals surface area contributed by atoms with Gasteiger partial charge in [-0.25, -0.2) is 13.1 Å². The molecule has 25 heavy (non-hydrogen) atoms. The number of ether oxygens (including phenoxy) is 1. The van der Waals surface area contributed by atoms with Crippen LogP contribution in [0, 0.1) is 0 Å². The zero-order chi connectivity index (χ0) is 18.1. The summed E-state index contributed by atoms with van der Waals surface area (Å²) in [5, 5.41) is 2.80. The Balaban J connectivity index is 1.93. The molecule has 0 saturated heterocycles. The summed E-state index contributed by atoms with van der Waals surface area (Å²) in [6.07, 6.45) is 0.593. The third kappa shape index (κ3) is 5.97. The molecule has 0 aliphatic heterocycles. The Hall–Kier alpha value is -2.22. The molecular weight excluding hydrogens is 340 g/mol. The summed E-state index contributed by atoms with van der Waals surface area (Å²) < 4.78 is 31.6. The number of nitrogens with one attached hydrogen (secondary N) is 2. The van der Waals surface area contributed by atoms with E-state index in [0.29, 0.717) is 31.7 Å². The first-order valence-corrected chi connectivity index (χ1v) is 9.42. The first-order chi connectivity index (χ1) is 12.0. The summed E-state index contributed by atoms with van der Waals surface area (Å²) >= 11 is 0. The molecule has 0 fully saturated rings. The van der Waals surface area contributed by atoms with E-state index in [1.165, 1.54) is 24.3 Å². The molecule has 0 aliphatic rings. The van der Waals surface area contributed by atoms with Gasteiger partial charge in [-0.1, -0.05) is 30.3 Å². The van der Waals surface area contributed by atoms with Crippen molar-refractivity contribution in [1.82, 2.24) is 10.0 Å². The summed E-state index contributed by atoms with van der Waals surface area (Å²) in [7, 11) is -2.01. The van der Waals surface area contributed by atoms with Gasteiger partial charge in [-0.15, -0.1) is 0 Å². The summed E-state index contributed by atoms with van der Waals surface area (Å²) in [6, 6.07) is 15.4.